The lowest BCUT2D eigenvalue weighted by molar-refractivity contribution is 0.183. The molecule has 4 N–H and O–H groups in total. The summed E-state index contributed by atoms with van der Waals surface area (Å²) in [6, 6.07) is 13.6. The Balaban J connectivity index is 2.12. The van der Waals surface area contributed by atoms with Gasteiger partial charge in [0.2, 0.25) is 0 Å². The van der Waals surface area contributed by atoms with Crippen molar-refractivity contribution in [3.05, 3.63) is 58.7 Å². The lowest BCUT2D eigenvalue weighted by Crippen LogP contribution is -2.27. The monoisotopic (exact) mass is 306 g/mol. The number of nitrogen functional groups attached to an aromatic ring is 1. The van der Waals surface area contributed by atoms with Crippen molar-refractivity contribution in [3.8, 4) is 0 Å². The number of hydrazine groups is 1. The molecule has 0 atom stereocenters. The van der Waals surface area contributed by atoms with Crippen LogP contribution in [0.15, 0.2) is 42.5 Å². The van der Waals surface area contributed by atoms with Crippen molar-refractivity contribution in [3.63, 3.8) is 0 Å². The topological polar surface area (TPSA) is 74.4 Å². The summed E-state index contributed by atoms with van der Waals surface area (Å²) in [6.45, 7) is 1.90. The summed E-state index contributed by atoms with van der Waals surface area (Å²) in [5, 5.41) is 9.82. The Labute approximate surface area is 129 Å². The van der Waals surface area contributed by atoms with Crippen molar-refractivity contribution in [1.82, 2.24) is 9.88 Å². The second-order valence-corrected chi connectivity index (χ2v) is 5.10. The fourth-order valence-electron chi connectivity index (χ4n) is 2.08. The second-order valence-electron chi connectivity index (χ2n) is 4.69. The molecule has 2 aromatic rings. The lowest BCUT2D eigenvalue weighted by atomic mass is 10.2. The quantitative estimate of drug-likeness (QED) is 0.539. The van der Waals surface area contributed by atoms with E-state index < -0.39 is 0 Å². The Kier molecular flexibility index (Phi) is 5.95. The highest BCUT2D eigenvalue weighted by Gasteiger charge is 2.11. The van der Waals surface area contributed by atoms with Crippen LogP contribution in [0.4, 0.5) is 5.82 Å². The van der Waals surface area contributed by atoms with Crippen LogP contribution in [0.5, 0.6) is 0 Å². The molecule has 5 nitrogen and oxygen atoms in total. The molecular formula is C15H19ClN4O. The van der Waals surface area contributed by atoms with Crippen molar-refractivity contribution >= 4 is 17.4 Å². The molecule has 0 aliphatic heterocycles. The number of halogens is 1. The van der Waals surface area contributed by atoms with Gasteiger partial charge in [-0.05, 0) is 17.7 Å². The second kappa shape index (κ2) is 7.95. The molecule has 0 unspecified atom stereocenters. The van der Waals surface area contributed by atoms with Gasteiger partial charge in [0.25, 0.3) is 0 Å². The highest BCUT2D eigenvalue weighted by Crippen LogP contribution is 2.19. The molecule has 0 saturated heterocycles. The van der Waals surface area contributed by atoms with Crippen molar-refractivity contribution in [2.75, 3.05) is 18.6 Å². The van der Waals surface area contributed by atoms with Gasteiger partial charge in [-0.1, -0.05) is 41.9 Å². The van der Waals surface area contributed by atoms with E-state index in [9.17, 15) is 5.11 Å². The average Bonchev–Trinajstić information content (AvgIpc) is 2.51. The van der Waals surface area contributed by atoms with Crippen LogP contribution >= 0.6 is 11.6 Å². The molecule has 0 aliphatic rings. The number of nitrogens with two attached hydrogens (primary N) is 1. The van der Waals surface area contributed by atoms with Gasteiger partial charge >= 0.3 is 0 Å². The van der Waals surface area contributed by atoms with Crippen molar-refractivity contribution in [2.45, 2.75) is 13.1 Å². The molecule has 6 heteroatoms. The predicted octanol–water partition coefficient (Wildman–Crippen LogP) is 2.02. The van der Waals surface area contributed by atoms with Crippen LogP contribution in [-0.2, 0) is 13.1 Å². The third-order valence-corrected chi connectivity index (χ3v) is 3.45. The van der Waals surface area contributed by atoms with Crippen LogP contribution in [0, 0.1) is 0 Å². The van der Waals surface area contributed by atoms with Crippen molar-refractivity contribution in [2.24, 2.45) is 5.84 Å². The molecule has 0 amide bonds. The van der Waals surface area contributed by atoms with Crippen LogP contribution in [0.3, 0.4) is 0 Å². The van der Waals surface area contributed by atoms with E-state index in [-0.39, 0.29) is 6.61 Å². The van der Waals surface area contributed by atoms with Gasteiger partial charge in [0, 0.05) is 19.6 Å². The normalized spacial score (nSPS) is 10.9. The number of aliphatic hydroxyl groups excluding tert-OH is 1. The summed E-state index contributed by atoms with van der Waals surface area (Å²) in [5.74, 6) is 5.94. The number of benzene rings is 1. The minimum atomic E-state index is 0.0826. The molecule has 1 aromatic carbocycles. The SMILES string of the molecule is NNc1ccc(Cl)c(CN(CCO)Cc2ccccc2)n1. The van der Waals surface area contributed by atoms with E-state index in [0.717, 1.165) is 12.2 Å². The van der Waals surface area contributed by atoms with Crippen molar-refractivity contribution in [1.29, 1.82) is 0 Å². The molecule has 1 heterocycles. The molecule has 0 saturated carbocycles. The lowest BCUT2D eigenvalue weighted by Gasteiger charge is -2.21. The smallest absolute Gasteiger partial charge is 0.140 e. The molecule has 1 aromatic heterocycles. The number of pyridine rings is 1. The third-order valence-electron chi connectivity index (χ3n) is 3.11. The predicted molar refractivity (Wildman–Crippen MR) is 84.7 cm³/mol. The number of aromatic nitrogens is 1. The van der Waals surface area contributed by atoms with E-state index in [4.69, 9.17) is 17.4 Å². The molecular weight excluding hydrogens is 288 g/mol. The fourth-order valence-corrected chi connectivity index (χ4v) is 2.25. The number of hydrogen-bond acceptors (Lipinski definition) is 5. The molecule has 2 rings (SSSR count). The van der Waals surface area contributed by atoms with E-state index in [1.165, 1.54) is 5.56 Å². The first-order valence-corrected chi connectivity index (χ1v) is 7.10. The number of nitrogens with zero attached hydrogens (tertiary/aromatic N) is 2. The number of anilines is 1. The molecule has 0 aliphatic carbocycles. The van der Waals surface area contributed by atoms with Gasteiger partial charge in [0.05, 0.1) is 17.3 Å². The highest BCUT2D eigenvalue weighted by molar-refractivity contribution is 6.31. The molecule has 112 valence electrons. The third kappa shape index (κ3) is 4.68. The minimum Gasteiger partial charge on any atom is -0.395 e. The number of rotatable bonds is 7. The maximum absolute atomic E-state index is 9.24. The van der Waals surface area contributed by atoms with Gasteiger partial charge in [0.15, 0.2) is 0 Å². The Bertz CT molecular complexity index is 565. The van der Waals surface area contributed by atoms with Gasteiger partial charge in [0.1, 0.15) is 5.82 Å². The summed E-state index contributed by atoms with van der Waals surface area (Å²) < 4.78 is 0. The van der Waals surface area contributed by atoms with Gasteiger partial charge in [-0.25, -0.2) is 10.8 Å². The van der Waals surface area contributed by atoms with Crippen LogP contribution in [-0.4, -0.2) is 28.1 Å². The molecule has 0 radical (unpaired) electrons. The number of aliphatic hydroxyl groups is 1. The largest absolute Gasteiger partial charge is 0.395 e. The van der Waals surface area contributed by atoms with Gasteiger partial charge in [-0.15, -0.1) is 0 Å². The van der Waals surface area contributed by atoms with E-state index in [0.29, 0.717) is 23.9 Å². The fraction of sp³-hybridized carbons (Fsp3) is 0.267. The summed E-state index contributed by atoms with van der Waals surface area (Å²) in [6.07, 6.45) is 0. The van der Waals surface area contributed by atoms with Crippen LogP contribution < -0.4 is 11.3 Å². The zero-order valence-electron chi connectivity index (χ0n) is 11.7. The summed E-state index contributed by atoms with van der Waals surface area (Å²) in [7, 11) is 0. The summed E-state index contributed by atoms with van der Waals surface area (Å²) >= 11 is 6.18. The first kappa shape index (κ1) is 15.7. The zero-order chi connectivity index (χ0) is 15.1. The Morgan fingerprint density at radius 2 is 1.90 bits per heavy atom. The minimum absolute atomic E-state index is 0.0826. The van der Waals surface area contributed by atoms with Crippen LogP contribution in [0.1, 0.15) is 11.3 Å². The maximum atomic E-state index is 9.24. The Hall–Kier alpha value is -1.66. The van der Waals surface area contributed by atoms with E-state index in [1.807, 2.05) is 18.2 Å². The first-order valence-electron chi connectivity index (χ1n) is 6.72. The maximum Gasteiger partial charge on any atom is 0.140 e. The van der Waals surface area contributed by atoms with E-state index in [2.05, 4.69) is 27.4 Å². The number of nitrogens with one attached hydrogen (secondary N) is 1. The van der Waals surface area contributed by atoms with Gasteiger partial charge in [-0.3, -0.25) is 4.90 Å². The summed E-state index contributed by atoms with van der Waals surface area (Å²) in [5.41, 5.74) is 4.42. The van der Waals surface area contributed by atoms with Crippen molar-refractivity contribution < 1.29 is 5.11 Å². The highest BCUT2D eigenvalue weighted by atomic mass is 35.5. The van der Waals surface area contributed by atoms with Crippen LogP contribution in [0.2, 0.25) is 5.02 Å². The average molecular weight is 307 g/mol. The van der Waals surface area contributed by atoms with E-state index in [1.54, 1.807) is 12.1 Å². The molecule has 0 fully saturated rings. The Morgan fingerprint density at radius 1 is 1.14 bits per heavy atom. The molecule has 0 bridgehead atoms. The van der Waals surface area contributed by atoms with Gasteiger partial charge in [-0.2, -0.15) is 0 Å². The van der Waals surface area contributed by atoms with Gasteiger partial charge < -0.3 is 10.5 Å². The van der Waals surface area contributed by atoms with Crippen LogP contribution in [0.25, 0.3) is 0 Å². The zero-order valence-corrected chi connectivity index (χ0v) is 12.4. The molecule has 0 spiro atoms. The summed E-state index contributed by atoms with van der Waals surface area (Å²) in [4.78, 5) is 6.45. The first-order chi connectivity index (χ1) is 10.2. The standard InChI is InChI=1S/C15H19ClN4O/c16-13-6-7-15(19-17)18-14(13)11-20(8-9-21)10-12-4-2-1-3-5-12/h1-7,21H,8-11,17H2,(H,18,19). The van der Waals surface area contributed by atoms with E-state index >= 15 is 0 Å². The Morgan fingerprint density at radius 3 is 2.57 bits per heavy atom. The molecule has 21 heavy (non-hydrogen) atoms. The number of hydrogen-bond donors (Lipinski definition) is 3.